The molecule has 0 atom stereocenters. The monoisotopic (exact) mass is 250 g/mol. The molecule has 4 heteroatoms. The van der Waals surface area contributed by atoms with Gasteiger partial charge in [-0.2, -0.15) is 0 Å². The molecule has 0 saturated heterocycles. The van der Waals surface area contributed by atoms with Crippen molar-refractivity contribution >= 4 is 11.6 Å². The van der Waals surface area contributed by atoms with E-state index in [9.17, 15) is 0 Å². The topological polar surface area (TPSA) is 41.1 Å². The largest absolute Gasteiger partial charge is 0.370 e. The van der Waals surface area contributed by atoms with Crippen molar-refractivity contribution in [2.75, 3.05) is 29.9 Å². The molecule has 1 aromatic heterocycles. The summed E-state index contributed by atoms with van der Waals surface area (Å²) in [5.74, 6) is 2.04. The number of anilines is 2. The molecule has 0 saturated carbocycles. The zero-order chi connectivity index (χ0) is 13.4. The Morgan fingerprint density at radius 2 is 1.94 bits per heavy atom. The number of unbranched alkanes of at least 4 members (excludes halogenated alkanes) is 1. The van der Waals surface area contributed by atoms with E-state index in [2.05, 4.69) is 47.9 Å². The summed E-state index contributed by atoms with van der Waals surface area (Å²) in [7, 11) is 0. The molecule has 0 aliphatic rings. The second-order valence-corrected chi connectivity index (χ2v) is 4.53. The Hall–Kier alpha value is -1.32. The van der Waals surface area contributed by atoms with E-state index in [4.69, 9.17) is 0 Å². The number of hydrogen-bond donors (Lipinski definition) is 1. The van der Waals surface area contributed by atoms with Gasteiger partial charge in [0.15, 0.2) is 0 Å². The quantitative estimate of drug-likeness (QED) is 0.769. The van der Waals surface area contributed by atoms with Crippen LogP contribution in [0.5, 0.6) is 0 Å². The van der Waals surface area contributed by atoms with Gasteiger partial charge in [0.2, 0.25) is 0 Å². The summed E-state index contributed by atoms with van der Waals surface area (Å²) < 4.78 is 0. The van der Waals surface area contributed by atoms with Crippen molar-refractivity contribution < 1.29 is 0 Å². The summed E-state index contributed by atoms with van der Waals surface area (Å²) in [6, 6.07) is 0. The van der Waals surface area contributed by atoms with Crippen molar-refractivity contribution in [1.29, 1.82) is 0 Å². The first kappa shape index (κ1) is 14.7. The third kappa shape index (κ3) is 3.86. The summed E-state index contributed by atoms with van der Waals surface area (Å²) in [6.07, 6.45) is 5.18. The number of aromatic nitrogens is 2. The molecule has 0 fully saturated rings. The van der Waals surface area contributed by atoms with Gasteiger partial charge in [0.25, 0.3) is 0 Å². The Bertz CT molecular complexity index is 352. The van der Waals surface area contributed by atoms with Gasteiger partial charge in [-0.1, -0.05) is 20.3 Å². The van der Waals surface area contributed by atoms with Gasteiger partial charge >= 0.3 is 0 Å². The van der Waals surface area contributed by atoms with E-state index >= 15 is 0 Å². The molecule has 0 aliphatic heterocycles. The fourth-order valence-corrected chi connectivity index (χ4v) is 1.94. The summed E-state index contributed by atoms with van der Waals surface area (Å²) in [6.45, 7) is 11.7. The molecule has 0 amide bonds. The van der Waals surface area contributed by atoms with Crippen molar-refractivity contribution in [3.05, 3.63) is 11.9 Å². The Morgan fingerprint density at radius 1 is 1.17 bits per heavy atom. The number of nitrogens with one attached hydrogen (secondary N) is 1. The molecule has 0 spiro atoms. The maximum atomic E-state index is 4.45. The van der Waals surface area contributed by atoms with Gasteiger partial charge in [0, 0.05) is 25.2 Å². The lowest BCUT2D eigenvalue weighted by molar-refractivity contribution is 0.720. The smallest absolute Gasteiger partial charge is 0.137 e. The van der Waals surface area contributed by atoms with Crippen molar-refractivity contribution in [2.24, 2.45) is 0 Å². The van der Waals surface area contributed by atoms with Crippen LogP contribution in [0.25, 0.3) is 0 Å². The zero-order valence-corrected chi connectivity index (χ0v) is 12.2. The van der Waals surface area contributed by atoms with Crippen LogP contribution in [0.3, 0.4) is 0 Å². The van der Waals surface area contributed by atoms with Gasteiger partial charge in [-0.15, -0.1) is 0 Å². The molecule has 0 aliphatic carbocycles. The Balaban J connectivity index is 2.86. The number of hydrogen-bond acceptors (Lipinski definition) is 4. The molecule has 0 bridgehead atoms. The third-order valence-electron chi connectivity index (χ3n) is 3.06. The molecule has 0 aromatic carbocycles. The fraction of sp³-hybridized carbons (Fsp3) is 0.714. The first-order chi connectivity index (χ1) is 8.74. The maximum Gasteiger partial charge on any atom is 0.137 e. The SMILES string of the molecule is CCCCN(CC)c1ncnc(NCCC)c1C. The highest BCUT2D eigenvalue weighted by atomic mass is 15.2. The van der Waals surface area contributed by atoms with Crippen LogP contribution >= 0.6 is 0 Å². The lowest BCUT2D eigenvalue weighted by Gasteiger charge is -2.24. The molecule has 4 nitrogen and oxygen atoms in total. The Labute approximate surface area is 111 Å². The lowest BCUT2D eigenvalue weighted by Crippen LogP contribution is -2.26. The minimum absolute atomic E-state index is 0.957. The molecule has 1 heterocycles. The number of nitrogens with zero attached hydrogens (tertiary/aromatic N) is 3. The predicted octanol–water partition coefficient (Wildman–Crippen LogP) is 3.23. The van der Waals surface area contributed by atoms with E-state index in [1.807, 2.05) is 0 Å². The molecule has 18 heavy (non-hydrogen) atoms. The van der Waals surface area contributed by atoms with Crippen LogP contribution in [-0.2, 0) is 0 Å². The summed E-state index contributed by atoms with van der Waals surface area (Å²) >= 11 is 0. The second kappa shape index (κ2) is 7.90. The minimum atomic E-state index is 0.957. The molecule has 1 rings (SSSR count). The minimum Gasteiger partial charge on any atom is -0.370 e. The first-order valence-electron chi connectivity index (χ1n) is 7.04. The molecule has 0 unspecified atom stereocenters. The first-order valence-corrected chi connectivity index (χ1v) is 7.04. The highest BCUT2D eigenvalue weighted by Crippen LogP contribution is 2.22. The van der Waals surface area contributed by atoms with E-state index < -0.39 is 0 Å². The number of rotatable bonds is 8. The van der Waals surface area contributed by atoms with E-state index in [0.717, 1.165) is 43.3 Å². The maximum absolute atomic E-state index is 4.45. The van der Waals surface area contributed by atoms with Crippen LogP contribution in [0.15, 0.2) is 6.33 Å². The zero-order valence-electron chi connectivity index (χ0n) is 12.2. The summed E-state index contributed by atoms with van der Waals surface area (Å²) in [5, 5.41) is 3.36. The molecular formula is C14H26N4. The highest BCUT2D eigenvalue weighted by Gasteiger charge is 2.12. The van der Waals surface area contributed by atoms with Gasteiger partial charge in [-0.25, -0.2) is 9.97 Å². The predicted molar refractivity (Wildman–Crippen MR) is 78.3 cm³/mol. The third-order valence-corrected chi connectivity index (χ3v) is 3.06. The van der Waals surface area contributed by atoms with Crippen LogP contribution in [0.1, 0.15) is 45.6 Å². The van der Waals surface area contributed by atoms with E-state index in [1.165, 1.54) is 12.8 Å². The van der Waals surface area contributed by atoms with Crippen LogP contribution in [0.2, 0.25) is 0 Å². The van der Waals surface area contributed by atoms with Crippen LogP contribution in [0.4, 0.5) is 11.6 Å². The van der Waals surface area contributed by atoms with Crippen molar-refractivity contribution in [2.45, 2.75) is 47.0 Å². The average molecular weight is 250 g/mol. The molecular weight excluding hydrogens is 224 g/mol. The Morgan fingerprint density at radius 3 is 2.56 bits per heavy atom. The van der Waals surface area contributed by atoms with E-state index in [-0.39, 0.29) is 0 Å². The van der Waals surface area contributed by atoms with Crippen LogP contribution in [0, 0.1) is 6.92 Å². The van der Waals surface area contributed by atoms with Gasteiger partial charge in [-0.3, -0.25) is 0 Å². The molecule has 0 radical (unpaired) electrons. The van der Waals surface area contributed by atoms with Crippen molar-refractivity contribution in [1.82, 2.24) is 9.97 Å². The van der Waals surface area contributed by atoms with Gasteiger partial charge in [0.1, 0.15) is 18.0 Å². The molecule has 102 valence electrons. The standard InChI is InChI=1S/C14H26N4/c1-5-8-10-18(7-3)14-12(4)13(15-9-6-2)16-11-17-14/h11H,5-10H2,1-4H3,(H,15,16,17). The molecule has 1 N–H and O–H groups in total. The van der Waals surface area contributed by atoms with Gasteiger partial charge < -0.3 is 10.2 Å². The van der Waals surface area contributed by atoms with Crippen molar-refractivity contribution in [3.8, 4) is 0 Å². The second-order valence-electron chi connectivity index (χ2n) is 4.53. The van der Waals surface area contributed by atoms with Crippen molar-refractivity contribution in [3.63, 3.8) is 0 Å². The average Bonchev–Trinajstić information content (AvgIpc) is 2.40. The van der Waals surface area contributed by atoms with Gasteiger partial charge in [-0.05, 0) is 26.7 Å². The van der Waals surface area contributed by atoms with E-state index in [1.54, 1.807) is 6.33 Å². The highest BCUT2D eigenvalue weighted by molar-refractivity contribution is 5.57. The lowest BCUT2D eigenvalue weighted by atomic mass is 10.2. The van der Waals surface area contributed by atoms with Crippen LogP contribution in [-0.4, -0.2) is 29.6 Å². The summed E-state index contributed by atoms with van der Waals surface area (Å²) in [5.41, 5.74) is 1.16. The van der Waals surface area contributed by atoms with Gasteiger partial charge in [0.05, 0.1) is 0 Å². The Kier molecular flexibility index (Phi) is 6.47. The molecule has 1 aromatic rings. The summed E-state index contributed by atoms with van der Waals surface area (Å²) in [4.78, 5) is 11.1. The fourth-order valence-electron chi connectivity index (χ4n) is 1.94. The normalized spacial score (nSPS) is 10.4. The van der Waals surface area contributed by atoms with E-state index in [0.29, 0.717) is 0 Å². The van der Waals surface area contributed by atoms with Crippen LogP contribution < -0.4 is 10.2 Å².